The van der Waals surface area contributed by atoms with Crippen molar-refractivity contribution in [3.8, 4) is 42.8 Å². The number of rotatable bonds is 34. The standard InChI is InChI=1S/C38H53N4O12PS/c1-4-20-48-26-29-51-23-17-39-34(43)11-14-38(15-12-35(44)40-18-24-52-30-27-49-21-5-2,16-13-36(45)41-19-25-53-31-28-50-22-6-3)42-37(46)32-9-7-8-10-33(32)54-55(47)56/h1-3,7-10H,11-31H2,(H4-,39,40,41,42,43,44,45,46,47,56)/p+1. The van der Waals surface area contributed by atoms with Gasteiger partial charge in [-0.05, 0) is 36.0 Å². The second kappa shape index (κ2) is 33.0. The molecule has 4 amide bonds. The Hall–Kier alpha value is -4.21. The lowest BCUT2D eigenvalue weighted by molar-refractivity contribution is -0.121. The fourth-order valence-corrected chi connectivity index (χ4v) is 5.44. The van der Waals surface area contributed by atoms with Gasteiger partial charge < -0.3 is 49.7 Å². The summed E-state index contributed by atoms with van der Waals surface area (Å²) in [7, 11) is -2.41. The molecule has 0 aliphatic heterocycles. The third-order valence-corrected chi connectivity index (χ3v) is 8.15. The van der Waals surface area contributed by atoms with Gasteiger partial charge in [0.15, 0.2) is 12.2 Å². The van der Waals surface area contributed by atoms with E-state index in [2.05, 4.69) is 51.3 Å². The molecular weight excluding hydrogens is 767 g/mol. The molecule has 0 aromatic heterocycles. The van der Waals surface area contributed by atoms with Crippen LogP contribution < -0.4 is 25.8 Å². The van der Waals surface area contributed by atoms with Crippen molar-refractivity contribution >= 4 is 43.1 Å². The number of ether oxygens (including phenoxy) is 6. The van der Waals surface area contributed by atoms with E-state index in [1.807, 2.05) is 0 Å². The van der Waals surface area contributed by atoms with E-state index in [9.17, 15) is 23.7 Å². The second-order valence-electron chi connectivity index (χ2n) is 11.7. The number of thiol groups is 1. The molecule has 0 saturated heterocycles. The van der Waals surface area contributed by atoms with Gasteiger partial charge in [-0.1, -0.05) is 29.9 Å². The van der Waals surface area contributed by atoms with Crippen LogP contribution in [0.2, 0.25) is 0 Å². The molecule has 0 heterocycles. The van der Waals surface area contributed by atoms with Crippen LogP contribution in [0.5, 0.6) is 5.75 Å². The number of carbonyl (C=O) groups is 4. The molecule has 0 spiro atoms. The van der Waals surface area contributed by atoms with Crippen LogP contribution in [-0.4, -0.2) is 128 Å². The molecule has 0 bridgehead atoms. The van der Waals surface area contributed by atoms with E-state index in [0.29, 0.717) is 39.6 Å². The second-order valence-corrected chi connectivity index (χ2v) is 13.4. The monoisotopic (exact) mass is 821 g/mol. The summed E-state index contributed by atoms with van der Waals surface area (Å²) in [5, 5.41) is 11.3. The first kappa shape index (κ1) is 49.8. The van der Waals surface area contributed by atoms with Crippen molar-refractivity contribution in [3.63, 3.8) is 0 Å². The van der Waals surface area contributed by atoms with E-state index in [0.717, 1.165) is 0 Å². The van der Waals surface area contributed by atoms with Gasteiger partial charge in [0.2, 0.25) is 23.5 Å². The predicted octanol–water partition coefficient (Wildman–Crippen LogP) is 1.81. The minimum Gasteiger partial charge on any atom is -0.377 e. The molecule has 1 unspecified atom stereocenters. The Labute approximate surface area is 335 Å². The lowest BCUT2D eigenvalue weighted by atomic mass is 9.82. The van der Waals surface area contributed by atoms with Gasteiger partial charge in [-0.15, -0.1) is 19.3 Å². The van der Waals surface area contributed by atoms with Gasteiger partial charge in [-0.3, -0.25) is 19.2 Å². The first-order chi connectivity index (χ1) is 27.2. The summed E-state index contributed by atoms with van der Waals surface area (Å²) in [5.41, 5.74) is -1.21. The van der Waals surface area contributed by atoms with Crippen LogP contribution in [0.15, 0.2) is 24.3 Å². The van der Waals surface area contributed by atoms with Crippen molar-refractivity contribution < 1.29 is 56.7 Å². The van der Waals surface area contributed by atoms with Crippen LogP contribution in [0, 0.1) is 37.0 Å². The van der Waals surface area contributed by atoms with Crippen LogP contribution in [-0.2, 0) is 47.4 Å². The summed E-state index contributed by atoms with van der Waals surface area (Å²) < 4.78 is 48.9. The number of carbonyl (C=O) groups excluding carboxylic acids is 4. The fourth-order valence-electron chi connectivity index (χ4n) is 4.85. The molecule has 16 nitrogen and oxygen atoms in total. The van der Waals surface area contributed by atoms with Crippen molar-refractivity contribution in [1.29, 1.82) is 0 Å². The van der Waals surface area contributed by atoms with Crippen molar-refractivity contribution in [2.75, 3.05) is 98.9 Å². The summed E-state index contributed by atoms with van der Waals surface area (Å²) in [5.74, 6) is 5.44. The molecule has 4 N–H and O–H groups in total. The van der Waals surface area contributed by atoms with E-state index in [1.54, 1.807) is 12.1 Å². The first-order valence-electron chi connectivity index (χ1n) is 18.0. The number of para-hydroxylation sites is 1. The topological polar surface area (TPSA) is 198 Å². The van der Waals surface area contributed by atoms with Crippen LogP contribution >= 0.6 is 19.5 Å². The molecule has 1 aromatic carbocycles. The van der Waals surface area contributed by atoms with Crippen LogP contribution in [0.25, 0.3) is 0 Å². The molecule has 1 rings (SSSR count). The molecule has 0 radical (unpaired) electrons. The number of hydrogen-bond acceptors (Lipinski definition) is 12. The van der Waals surface area contributed by atoms with E-state index in [1.165, 1.54) is 12.1 Å². The van der Waals surface area contributed by atoms with Crippen LogP contribution in [0.4, 0.5) is 0 Å². The SMILES string of the molecule is C#CCOCCOCCNC(=O)CCC(CCC(=O)NCCOCCOCC#C)(CCC(=O)NCCOCCOCC#C)NC(=O)c1ccccc1O[P+](=O)S. The van der Waals surface area contributed by atoms with Crippen molar-refractivity contribution in [2.24, 2.45) is 0 Å². The highest BCUT2D eigenvalue weighted by atomic mass is 32.7. The van der Waals surface area contributed by atoms with E-state index >= 15 is 0 Å². The van der Waals surface area contributed by atoms with Crippen LogP contribution in [0.1, 0.15) is 48.9 Å². The Morgan fingerprint density at radius 3 is 1.36 bits per heavy atom. The molecule has 56 heavy (non-hydrogen) atoms. The molecule has 18 heteroatoms. The third kappa shape index (κ3) is 25.8. The number of nitrogens with one attached hydrogen (secondary N) is 4. The van der Waals surface area contributed by atoms with E-state index in [4.69, 9.17) is 52.2 Å². The average Bonchev–Trinajstić information content (AvgIpc) is 3.18. The smallest absolute Gasteiger partial charge is 0.377 e. The van der Waals surface area contributed by atoms with Gasteiger partial charge in [-0.2, -0.15) is 0 Å². The van der Waals surface area contributed by atoms with Crippen LogP contribution in [0.3, 0.4) is 0 Å². The Morgan fingerprint density at radius 1 is 0.607 bits per heavy atom. The number of hydrogen-bond donors (Lipinski definition) is 5. The summed E-state index contributed by atoms with van der Waals surface area (Å²) >= 11 is 3.82. The summed E-state index contributed by atoms with van der Waals surface area (Å²) in [6.45, 7) is 3.63. The molecule has 0 fully saturated rings. The predicted molar refractivity (Wildman–Crippen MR) is 212 cm³/mol. The summed E-state index contributed by atoms with van der Waals surface area (Å²) in [6.07, 6.45) is 15.4. The average molecular weight is 822 g/mol. The zero-order valence-corrected chi connectivity index (χ0v) is 33.5. The Balaban J connectivity index is 3.10. The van der Waals surface area contributed by atoms with Gasteiger partial charge in [0.05, 0.1) is 65.0 Å². The molecular formula is C38H54N4O12PS+. The van der Waals surface area contributed by atoms with E-state index in [-0.39, 0.29) is 127 Å². The molecule has 1 atom stereocenters. The number of benzene rings is 1. The lowest BCUT2D eigenvalue weighted by Crippen LogP contribution is -2.50. The normalized spacial score (nSPS) is 11.0. The molecule has 0 aliphatic carbocycles. The number of amides is 4. The van der Waals surface area contributed by atoms with E-state index < -0.39 is 18.7 Å². The van der Waals surface area contributed by atoms with Gasteiger partial charge >= 0.3 is 7.23 Å². The van der Waals surface area contributed by atoms with Gasteiger partial charge in [0.25, 0.3) is 5.91 Å². The zero-order chi connectivity index (χ0) is 41.1. The Kier molecular flexibility index (Phi) is 29.3. The fraction of sp³-hybridized carbons (Fsp3) is 0.579. The molecule has 308 valence electrons. The van der Waals surface area contributed by atoms with Gasteiger partial charge in [0, 0.05) is 44.4 Å². The Morgan fingerprint density at radius 2 is 0.982 bits per heavy atom. The molecule has 1 aromatic rings. The highest BCUT2D eigenvalue weighted by Crippen LogP contribution is 2.34. The van der Waals surface area contributed by atoms with Crippen molar-refractivity contribution in [2.45, 2.75) is 44.1 Å². The first-order valence-corrected chi connectivity index (χ1v) is 20.3. The maximum atomic E-state index is 13.9. The minimum atomic E-state index is -2.41. The maximum absolute atomic E-state index is 13.9. The summed E-state index contributed by atoms with van der Waals surface area (Å²) in [4.78, 5) is 53.0. The zero-order valence-electron chi connectivity index (χ0n) is 31.7. The highest BCUT2D eigenvalue weighted by molar-refractivity contribution is 8.39. The third-order valence-electron chi connectivity index (χ3n) is 7.56. The van der Waals surface area contributed by atoms with Gasteiger partial charge in [-0.25, -0.2) is 4.52 Å². The van der Waals surface area contributed by atoms with Crippen molar-refractivity contribution in [1.82, 2.24) is 21.3 Å². The highest BCUT2D eigenvalue weighted by Gasteiger charge is 2.35. The lowest BCUT2D eigenvalue weighted by Gasteiger charge is -2.35. The number of terminal acetylenes is 3. The molecule has 0 aliphatic rings. The largest absolute Gasteiger partial charge is 0.631 e. The minimum absolute atomic E-state index is 0.0160. The summed E-state index contributed by atoms with van der Waals surface area (Å²) in [6, 6.07) is 6.13. The quantitative estimate of drug-likeness (QED) is 0.0293. The molecule has 0 saturated carbocycles. The van der Waals surface area contributed by atoms with Gasteiger partial charge in [0.1, 0.15) is 19.8 Å². The maximum Gasteiger partial charge on any atom is 0.631 e. The van der Waals surface area contributed by atoms with Crippen molar-refractivity contribution in [3.05, 3.63) is 29.8 Å². The Bertz CT molecular complexity index is 1350.